The molecule has 94 valence electrons. The first-order valence-electron chi connectivity index (χ1n) is 5.72. The molecule has 0 amide bonds. The molecule has 5 heteroatoms. The van der Waals surface area contributed by atoms with Crippen LogP contribution in [0.1, 0.15) is 24.2 Å². The topological polar surface area (TPSA) is 74.1 Å². The van der Waals surface area contributed by atoms with E-state index in [4.69, 9.17) is 5.73 Å². The van der Waals surface area contributed by atoms with Crippen molar-refractivity contribution >= 4 is 5.69 Å². The molecule has 1 heterocycles. The van der Waals surface area contributed by atoms with Crippen LogP contribution < -0.4 is 5.73 Å². The molecular weight excluding hydrogens is 230 g/mol. The van der Waals surface area contributed by atoms with Gasteiger partial charge < -0.3 is 10.3 Å². The molecule has 0 radical (unpaired) electrons. The molecule has 5 nitrogen and oxygen atoms in total. The highest BCUT2D eigenvalue weighted by Gasteiger charge is 2.09. The second-order valence-electron chi connectivity index (χ2n) is 4.28. The zero-order chi connectivity index (χ0) is 13.1. The van der Waals surface area contributed by atoms with E-state index in [1.54, 1.807) is 12.1 Å². The number of nitro benzene ring substituents is 1. The average Bonchev–Trinajstić information content (AvgIpc) is 2.77. The third-order valence-corrected chi connectivity index (χ3v) is 2.81. The predicted octanol–water partition coefficient (Wildman–Crippen LogP) is 2.46. The fourth-order valence-corrected chi connectivity index (χ4v) is 1.95. The Morgan fingerprint density at radius 3 is 2.83 bits per heavy atom. The molecule has 1 unspecified atom stereocenters. The van der Waals surface area contributed by atoms with Gasteiger partial charge in [0.1, 0.15) is 0 Å². The van der Waals surface area contributed by atoms with Crippen molar-refractivity contribution in [2.45, 2.75) is 19.5 Å². The van der Waals surface area contributed by atoms with Gasteiger partial charge in [0, 0.05) is 36.6 Å². The highest BCUT2D eigenvalue weighted by Crippen LogP contribution is 2.17. The maximum Gasteiger partial charge on any atom is 0.269 e. The summed E-state index contributed by atoms with van der Waals surface area (Å²) in [5.74, 6) is 0. The van der Waals surface area contributed by atoms with E-state index in [2.05, 4.69) is 0 Å². The molecule has 0 spiro atoms. The smallest absolute Gasteiger partial charge is 0.269 e. The molecule has 2 N–H and O–H groups in total. The number of rotatable bonds is 4. The number of nitro groups is 1. The van der Waals surface area contributed by atoms with E-state index >= 15 is 0 Å². The van der Waals surface area contributed by atoms with Crippen LogP contribution in [0.25, 0.3) is 0 Å². The minimum atomic E-state index is -0.383. The first-order valence-corrected chi connectivity index (χ1v) is 5.72. The number of nitrogens with zero attached hydrogens (tertiary/aromatic N) is 2. The fraction of sp³-hybridized carbons (Fsp3) is 0.231. The van der Waals surface area contributed by atoms with E-state index in [0.29, 0.717) is 6.54 Å². The summed E-state index contributed by atoms with van der Waals surface area (Å²) < 4.78 is 2.00. The molecule has 0 aliphatic rings. The van der Waals surface area contributed by atoms with Crippen LogP contribution in [0.15, 0.2) is 42.6 Å². The van der Waals surface area contributed by atoms with Gasteiger partial charge in [-0.3, -0.25) is 10.1 Å². The van der Waals surface area contributed by atoms with E-state index in [0.717, 1.165) is 11.3 Å². The van der Waals surface area contributed by atoms with Gasteiger partial charge in [-0.05, 0) is 24.6 Å². The highest BCUT2D eigenvalue weighted by atomic mass is 16.6. The van der Waals surface area contributed by atoms with Crippen LogP contribution in [0, 0.1) is 10.1 Å². The molecule has 0 bridgehead atoms. The minimum Gasteiger partial charge on any atom is -0.346 e. The van der Waals surface area contributed by atoms with Gasteiger partial charge in [0.15, 0.2) is 0 Å². The van der Waals surface area contributed by atoms with Crippen LogP contribution in [0.5, 0.6) is 0 Å². The number of hydrogen-bond donors (Lipinski definition) is 1. The summed E-state index contributed by atoms with van der Waals surface area (Å²) in [6.07, 6.45) is 1.93. The molecule has 0 aliphatic carbocycles. The first kappa shape index (κ1) is 12.3. The van der Waals surface area contributed by atoms with Crippen molar-refractivity contribution in [1.29, 1.82) is 0 Å². The van der Waals surface area contributed by atoms with Gasteiger partial charge in [0.25, 0.3) is 5.69 Å². The summed E-state index contributed by atoms with van der Waals surface area (Å²) in [5.41, 5.74) is 7.88. The number of nitrogens with two attached hydrogens (primary N) is 1. The van der Waals surface area contributed by atoms with Gasteiger partial charge >= 0.3 is 0 Å². The van der Waals surface area contributed by atoms with Crippen molar-refractivity contribution < 1.29 is 4.92 Å². The molecular formula is C13H15N3O2. The summed E-state index contributed by atoms with van der Waals surface area (Å²) in [6, 6.07) is 10.5. The third-order valence-electron chi connectivity index (χ3n) is 2.81. The van der Waals surface area contributed by atoms with Crippen molar-refractivity contribution in [3.05, 3.63) is 64.0 Å². The van der Waals surface area contributed by atoms with Crippen LogP contribution in [0.2, 0.25) is 0 Å². The molecule has 0 saturated carbocycles. The number of aromatic nitrogens is 1. The summed E-state index contributed by atoms with van der Waals surface area (Å²) >= 11 is 0. The van der Waals surface area contributed by atoms with Crippen molar-refractivity contribution in [3.63, 3.8) is 0 Å². The number of benzene rings is 1. The summed E-state index contributed by atoms with van der Waals surface area (Å²) in [7, 11) is 0. The van der Waals surface area contributed by atoms with Crippen molar-refractivity contribution in [1.82, 2.24) is 4.57 Å². The Kier molecular flexibility index (Phi) is 3.43. The van der Waals surface area contributed by atoms with Gasteiger partial charge in [-0.25, -0.2) is 0 Å². The third kappa shape index (κ3) is 2.57. The van der Waals surface area contributed by atoms with Crippen LogP contribution in [-0.4, -0.2) is 9.49 Å². The minimum absolute atomic E-state index is 0.0568. The second kappa shape index (κ2) is 5.01. The van der Waals surface area contributed by atoms with Gasteiger partial charge in [0.05, 0.1) is 4.92 Å². The predicted molar refractivity (Wildman–Crippen MR) is 69.2 cm³/mol. The lowest BCUT2D eigenvalue weighted by atomic mass is 10.2. The molecule has 1 aromatic carbocycles. The monoisotopic (exact) mass is 245 g/mol. The van der Waals surface area contributed by atoms with Crippen molar-refractivity contribution in [2.24, 2.45) is 5.73 Å². The van der Waals surface area contributed by atoms with E-state index < -0.39 is 0 Å². The summed E-state index contributed by atoms with van der Waals surface area (Å²) in [4.78, 5) is 10.3. The Labute approximate surface area is 105 Å². The lowest BCUT2D eigenvalue weighted by molar-refractivity contribution is -0.384. The average molecular weight is 245 g/mol. The fourth-order valence-electron chi connectivity index (χ4n) is 1.95. The zero-order valence-electron chi connectivity index (χ0n) is 10.1. The molecule has 1 atom stereocenters. The Morgan fingerprint density at radius 2 is 2.17 bits per heavy atom. The maximum atomic E-state index is 10.7. The largest absolute Gasteiger partial charge is 0.346 e. The van der Waals surface area contributed by atoms with Crippen molar-refractivity contribution in [3.8, 4) is 0 Å². The van der Waals surface area contributed by atoms with Crippen LogP contribution in [0.3, 0.4) is 0 Å². The lowest BCUT2D eigenvalue weighted by Gasteiger charge is -2.11. The Bertz CT molecular complexity index is 561. The van der Waals surface area contributed by atoms with Gasteiger partial charge in [0.2, 0.25) is 0 Å². The number of non-ortho nitro benzene ring substituents is 1. The Hall–Kier alpha value is -2.14. The standard InChI is InChI=1S/C13H15N3O2/c1-10(14)13-6-3-7-15(13)9-11-4-2-5-12(8-11)16(17)18/h2-8,10H,9,14H2,1H3. The van der Waals surface area contributed by atoms with Crippen LogP contribution in [0.4, 0.5) is 5.69 Å². The van der Waals surface area contributed by atoms with Gasteiger partial charge in [-0.15, -0.1) is 0 Å². The summed E-state index contributed by atoms with van der Waals surface area (Å²) in [6.45, 7) is 2.50. The van der Waals surface area contributed by atoms with Gasteiger partial charge in [-0.2, -0.15) is 0 Å². The van der Waals surface area contributed by atoms with Gasteiger partial charge in [-0.1, -0.05) is 12.1 Å². The summed E-state index contributed by atoms with van der Waals surface area (Å²) in [5, 5.41) is 10.7. The second-order valence-corrected chi connectivity index (χ2v) is 4.28. The maximum absolute atomic E-state index is 10.7. The van der Waals surface area contributed by atoms with Crippen LogP contribution >= 0.6 is 0 Å². The SMILES string of the molecule is CC(N)c1cccn1Cc1cccc([N+](=O)[O-])c1. The zero-order valence-corrected chi connectivity index (χ0v) is 10.1. The van der Waals surface area contributed by atoms with Crippen molar-refractivity contribution in [2.75, 3.05) is 0 Å². The quantitative estimate of drug-likeness (QED) is 0.664. The molecule has 0 fully saturated rings. The van der Waals surface area contributed by atoms with E-state index in [1.807, 2.05) is 35.9 Å². The highest BCUT2D eigenvalue weighted by molar-refractivity contribution is 5.34. The molecule has 0 aliphatic heterocycles. The molecule has 0 saturated heterocycles. The Balaban J connectivity index is 2.26. The number of hydrogen-bond acceptors (Lipinski definition) is 3. The van der Waals surface area contributed by atoms with Crippen LogP contribution in [-0.2, 0) is 6.54 Å². The van der Waals surface area contributed by atoms with E-state index in [9.17, 15) is 10.1 Å². The van der Waals surface area contributed by atoms with E-state index in [-0.39, 0.29) is 16.7 Å². The molecule has 2 aromatic rings. The molecule has 18 heavy (non-hydrogen) atoms. The molecule has 1 aromatic heterocycles. The van der Waals surface area contributed by atoms with E-state index in [1.165, 1.54) is 6.07 Å². The Morgan fingerprint density at radius 1 is 1.39 bits per heavy atom. The first-order chi connectivity index (χ1) is 8.58. The lowest BCUT2D eigenvalue weighted by Crippen LogP contribution is -2.12. The molecule has 2 rings (SSSR count). The normalized spacial score (nSPS) is 12.3.